The summed E-state index contributed by atoms with van der Waals surface area (Å²) in [5.74, 6) is 0. The number of nitrogens with zero attached hydrogens (tertiary/aromatic N) is 1. The molecule has 6 heteroatoms. The Labute approximate surface area is 113 Å². The third-order valence-corrected chi connectivity index (χ3v) is 3.42. The van der Waals surface area contributed by atoms with Crippen LogP contribution >= 0.6 is 27.5 Å². The fraction of sp³-hybridized carbons (Fsp3) is 0.273. The molecule has 17 heavy (non-hydrogen) atoms. The lowest BCUT2D eigenvalue weighted by molar-refractivity contribution is -0.383. The maximum atomic E-state index is 10.9. The molecule has 0 heterocycles. The van der Waals surface area contributed by atoms with Gasteiger partial charge < -0.3 is 5.32 Å². The zero-order valence-corrected chi connectivity index (χ0v) is 11.4. The van der Waals surface area contributed by atoms with Gasteiger partial charge in [0, 0.05) is 11.0 Å². The molecule has 0 radical (unpaired) electrons. The van der Waals surface area contributed by atoms with Crippen LogP contribution in [0.4, 0.5) is 11.4 Å². The second-order valence-electron chi connectivity index (χ2n) is 3.37. The van der Waals surface area contributed by atoms with E-state index >= 15 is 0 Å². The van der Waals surface area contributed by atoms with Gasteiger partial charge in [-0.3, -0.25) is 10.1 Å². The van der Waals surface area contributed by atoms with Crippen molar-refractivity contribution in [3.05, 3.63) is 44.4 Å². The standard InChI is InChI=1S/C11H12BrClN2O2/c1-2-3-4-7-14-9-6-5-8(12)10(13)11(9)15(16)17/h2,5-6,14H,1,3-4,7H2. The van der Waals surface area contributed by atoms with Crippen molar-refractivity contribution in [3.63, 3.8) is 0 Å². The van der Waals surface area contributed by atoms with E-state index in [2.05, 4.69) is 27.8 Å². The summed E-state index contributed by atoms with van der Waals surface area (Å²) in [5.41, 5.74) is 0.340. The second-order valence-corrected chi connectivity index (χ2v) is 4.60. The Morgan fingerprint density at radius 2 is 2.29 bits per heavy atom. The third kappa shape index (κ3) is 3.71. The van der Waals surface area contributed by atoms with Gasteiger partial charge in [0.2, 0.25) is 0 Å². The largest absolute Gasteiger partial charge is 0.379 e. The molecular formula is C11H12BrClN2O2. The topological polar surface area (TPSA) is 55.2 Å². The van der Waals surface area contributed by atoms with Crippen molar-refractivity contribution in [1.29, 1.82) is 0 Å². The molecule has 92 valence electrons. The molecule has 0 saturated carbocycles. The molecule has 4 nitrogen and oxygen atoms in total. The van der Waals surface area contributed by atoms with Crippen LogP contribution in [-0.4, -0.2) is 11.5 Å². The number of nitrogens with one attached hydrogen (secondary N) is 1. The van der Waals surface area contributed by atoms with Gasteiger partial charge in [0.25, 0.3) is 0 Å². The molecule has 0 spiro atoms. The fourth-order valence-electron chi connectivity index (χ4n) is 1.33. The maximum absolute atomic E-state index is 10.9. The van der Waals surface area contributed by atoms with Gasteiger partial charge in [0.1, 0.15) is 10.7 Å². The van der Waals surface area contributed by atoms with Crippen molar-refractivity contribution in [3.8, 4) is 0 Å². The molecule has 0 aliphatic heterocycles. The Morgan fingerprint density at radius 1 is 1.59 bits per heavy atom. The van der Waals surface area contributed by atoms with Gasteiger partial charge in [0.15, 0.2) is 0 Å². The first-order chi connectivity index (χ1) is 8.07. The Kier molecular flexibility index (Phi) is 5.44. The summed E-state index contributed by atoms with van der Waals surface area (Å²) >= 11 is 9.05. The highest BCUT2D eigenvalue weighted by atomic mass is 79.9. The molecular weight excluding hydrogens is 307 g/mol. The molecule has 0 aromatic heterocycles. The average molecular weight is 320 g/mol. The van der Waals surface area contributed by atoms with Gasteiger partial charge in [-0.25, -0.2) is 0 Å². The molecule has 0 amide bonds. The van der Waals surface area contributed by atoms with Crippen molar-refractivity contribution in [1.82, 2.24) is 0 Å². The van der Waals surface area contributed by atoms with Crippen LogP contribution < -0.4 is 5.32 Å². The Bertz CT molecular complexity index is 438. The number of rotatable bonds is 6. The summed E-state index contributed by atoms with van der Waals surface area (Å²) in [4.78, 5) is 10.4. The number of unbranched alkanes of at least 4 members (excludes halogenated alkanes) is 1. The lowest BCUT2D eigenvalue weighted by Gasteiger charge is -2.08. The van der Waals surface area contributed by atoms with Gasteiger partial charge >= 0.3 is 5.69 Å². The third-order valence-electron chi connectivity index (χ3n) is 2.15. The van der Waals surface area contributed by atoms with Crippen LogP contribution in [0.1, 0.15) is 12.8 Å². The van der Waals surface area contributed by atoms with E-state index in [-0.39, 0.29) is 10.7 Å². The van der Waals surface area contributed by atoms with Crippen LogP contribution in [0.25, 0.3) is 0 Å². The van der Waals surface area contributed by atoms with E-state index in [0.29, 0.717) is 16.7 Å². The second kappa shape index (κ2) is 6.61. The van der Waals surface area contributed by atoms with Gasteiger partial charge in [-0.2, -0.15) is 0 Å². The van der Waals surface area contributed by atoms with Crippen molar-refractivity contribution in [2.75, 3.05) is 11.9 Å². The zero-order chi connectivity index (χ0) is 12.8. The summed E-state index contributed by atoms with van der Waals surface area (Å²) < 4.78 is 0.516. The zero-order valence-electron chi connectivity index (χ0n) is 9.08. The molecule has 0 saturated heterocycles. The first-order valence-corrected chi connectivity index (χ1v) is 6.22. The summed E-state index contributed by atoms with van der Waals surface area (Å²) in [6.07, 6.45) is 3.55. The normalized spacial score (nSPS) is 10.0. The van der Waals surface area contributed by atoms with E-state index in [0.717, 1.165) is 12.8 Å². The Morgan fingerprint density at radius 3 is 2.88 bits per heavy atom. The highest BCUT2D eigenvalue weighted by Crippen LogP contribution is 2.37. The molecule has 1 aromatic rings. The summed E-state index contributed by atoms with van der Waals surface area (Å²) in [6, 6.07) is 3.33. The van der Waals surface area contributed by atoms with Crippen molar-refractivity contribution < 1.29 is 4.92 Å². The minimum atomic E-state index is -0.483. The molecule has 0 atom stereocenters. The van der Waals surface area contributed by atoms with E-state index in [1.165, 1.54) is 0 Å². The first kappa shape index (κ1) is 14.0. The lowest BCUT2D eigenvalue weighted by atomic mass is 10.2. The smallest absolute Gasteiger partial charge is 0.311 e. The molecule has 0 aliphatic carbocycles. The van der Waals surface area contributed by atoms with Crippen LogP contribution in [0.2, 0.25) is 5.02 Å². The molecule has 1 N–H and O–H groups in total. The van der Waals surface area contributed by atoms with Crippen LogP contribution in [0, 0.1) is 10.1 Å². The Hall–Kier alpha value is -1.07. The minimum absolute atomic E-state index is 0.0976. The Balaban J connectivity index is 2.87. The summed E-state index contributed by atoms with van der Waals surface area (Å²) in [6.45, 7) is 4.26. The van der Waals surface area contributed by atoms with Gasteiger partial charge in [0.05, 0.1) is 4.92 Å². The summed E-state index contributed by atoms with van der Waals surface area (Å²) in [7, 11) is 0. The molecule has 1 aromatic carbocycles. The number of hydrogen-bond acceptors (Lipinski definition) is 3. The number of anilines is 1. The van der Waals surface area contributed by atoms with Gasteiger partial charge in [-0.05, 0) is 40.9 Å². The molecule has 0 unspecified atom stereocenters. The van der Waals surface area contributed by atoms with E-state index in [4.69, 9.17) is 11.6 Å². The number of nitro groups is 1. The predicted molar refractivity (Wildman–Crippen MR) is 73.7 cm³/mol. The first-order valence-electron chi connectivity index (χ1n) is 5.05. The van der Waals surface area contributed by atoms with Crippen LogP contribution in [0.3, 0.4) is 0 Å². The average Bonchev–Trinajstić information content (AvgIpc) is 2.28. The molecule has 0 fully saturated rings. The predicted octanol–water partition coefficient (Wildman–Crippen LogP) is 4.39. The van der Waals surface area contributed by atoms with Crippen LogP contribution in [-0.2, 0) is 0 Å². The number of allylic oxidation sites excluding steroid dienone is 1. The van der Waals surface area contributed by atoms with E-state index in [1.807, 2.05) is 6.08 Å². The highest BCUT2D eigenvalue weighted by Gasteiger charge is 2.20. The SMILES string of the molecule is C=CCCCNc1ccc(Br)c(Cl)c1[N+](=O)[O-]. The number of halogens is 2. The van der Waals surface area contributed by atoms with E-state index in [1.54, 1.807) is 12.1 Å². The number of hydrogen-bond donors (Lipinski definition) is 1. The van der Waals surface area contributed by atoms with E-state index < -0.39 is 4.92 Å². The van der Waals surface area contributed by atoms with E-state index in [9.17, 15) is 10.1 Å². The monoisotopic (exact) mass is 318 g/mol. The van der Waals surface area contributed by atoms with Crippen molar-refractivity contribution in [2.45, 2.75) is 12.8 Å². The molecule has 0 bridgehead atoms. The molecule has 0 aliphatic rings. The maximum Gasteiger partial charge on any atom is 0.311 e. The van der Waals surface area contributed by atoms with Crippen molar-refractivity contribution >= 4 is 38.9 Å². The minimum Gasteiger partial charge on any atom is -0.379 e. The highest BCUT2D eigenvalue weighted by molar-refractivity contribution is 9.10. The quantitative estimate of drug-likeness (QED) is 0.366. The lowest BCUT2D eigenvalue weighted by Crippen LogP contribution is -2.04. The molecule has 1 rings (SSSR count). The van der Waals surface area contributed by atoms with Crippen LogP contribution in [0.15, 0.2) is 29.3 Å². The van der Waals surface area contributed by atoms with Gasteiger partial charge in [-0.1, -0.05) is 17.7 Å². The van der Waals surface area contributed by atoms with Gasteiger partial charge in [-0.15, -0.1) is 6.58 Å². The number of nitro benzene ring substituents is 1. The van der Waals surface area contributed by atoms with Crippen molar-refractivity contribution in [2.24, 2.45) is 0 Å². The number of benzene rings is 1. The summed E-state index contributed by atoms with van der Waals surface area (Å²) in [5, 5.41) is 14.0. The van der Waals surface area contributed by atoms with Crippen LogP contribution in [0.5, 0.6) is 0 Å². The fourth-order valence-corrected chi connectivity index (χ4v) is 1.88.